The number of Topliss-reactive ketones (excluding diaryl/α,β-unsaturated/α-hetero) is 1. The van der Waals surface area contributed by atoms with E-state index in [0.717, 1.165) is 10.6 Å². The predicted molar refractivity (Wildman–Crippen MR) is 135 cm³/mol. The van der Waals surface area contributed by atoms with Crippen molar-refractivity contribution in [1.29, 1.82) is 0 Å². The van der Waals surface area contributed by atoms with Crippen molar-refractivity contribution in [2.45, 2.75) is 19.9 Å². The van der Waals surface area contributed by atoms with Crippen molar-refractivity contribution in [3.05, 3.63) is 63.7 Å². The number of aryl methyl sites for hydroxylation is 2. The zero-order chi connectivity index (χ0) is 26.1. The standard InChI is InChI=1S/C26H26N2O7S/c1-13-14(2)36-26(27-13)28-21(16-11-18(33-4)24(35-6)19(12-16)34-5)20(23(30)25(28)31)22(29)15-7-9-17(32-3)10-8-15/h7-12,21,29H,1-6H3/t21-/m1/s1. The zero-order valence-electron chi connectivity index (χ0n) is 20.7. The molecule has 2 heterocycles. The third-order valence-electron chi connectivity index (χ3n) is 6.03. The molecule has 1 aromatic heterocycles. The molecule has 0 radical (unpaired) electrons. The molecule has 1 N–H and O–H groups in total. The van der Waals surface area contributed by atoms with Crippen LogP contribution < -0.4 is 23.8 Å². The summed E-state index contributed by atoms with van der Waals surface area (Å²) in [5.74, 6) is -0.312. The quantitative estimate of drug-likeness (QED) is 0.283. The summed E-state index contributed by atoms with van der Waals surface area (Å²) in [4.78, 5) is 33.5. The van der Waals surface area contributed by atoms with Gasteiger partial charge in [-0.25, -0.2) is 4.98 Å². The fraction of sp³-hybridized carbons (Fsp3) is 0.269. The topological polar surface area (TPSA) is 107 Å². The van der Waals surface area contributed by atoms with Crippen molar-refractivity contribution < 1.29 is 33.6 Å². The number of ketones is 1. The van der Waals surface area contributed by atoms with Gasteiger partial charge in [-0.3, -0.25) is 14.5 Å². The number of thiazole rings is 1. The van der Waals surface area contributed by atoms with Crippen LogP contribution in [-0.2, 0) is 9.59 Å². The maximum absolute atomic E-state index is 13.4. The first-order valence-electron chi connectivity index (χ1n) is 10.9. The number of carbonyl (C=O) groups excluding carboxylic acids is 2. The van der Waals surface area contributed by atoms with Gasteiger partial charge in [0.2, 0.25) is 5.75 Å². The molecule has 1 aliphatic rings. The molecule has 1 atom stereocenters. The number of amides is 1. The SMILES string of the molecule is COc1ccc(C(O)=C2C(=O)C(=O)N(c3nc(C)c(C)s3)[C@@H]2c2cc(OC)c(OC)c(OC)c2)cc1. The van der Waals surface area contributed by atoms with Gasteiger partial charge in [0.05, 0.1) is 45.7 Å². The minimum absolute atomic E-state index is 0.0788. The number of ether oxygens (including phenoxy) is 4. The van der Waals surface area contributed by atoms with Crippen molar-refractivity contribution in [2.75, 3.05) is 33.3 Å². The summed E-state index contributed by atoms with van der Waals surface area (Å²) >= 11 is 1.29. The number of hydrogen-bond acceptors (Lipinski definition) is 9. The highest BCUT2D eigenvalue weighted by molar-refractivity contribution is 7.16. The van der Waals surface area contributed by atoms with Crippen LogP contribution in [0.3, 0.4) is 0 Å². The Morgan fingerprint density at radius 1 is 0.944 bits per heavy atom. The molecule has 188 valence electrons. The molecule has 1 saturated heterocycles. The lowest BCUT2D eigenvalue weighted by Crippen LogP contribution is -2.29. The lowest BCUT2D eigenvalue weighted by atomic mass is 9.94. The maximum atomic E-state index is 13.4. The molecular weight excluding hydrogens is 484 g/mol. The lowest BCUT2D eigenvalue weighted by molar-refractivity contribution is -0.132. The number of anilines is 1. The summed E-state index contributed by atoms with van der Waals surface area (Å²) in [5, 5.41) is 11.7. The smallest absolute Gasteiger partial charge is 0.301 e. The number of aliphatic hydroxyl groups is 1. The van der Waals surface area contributed by atoms with E-state index in [9.17, 15) is 14.7 Å². The predicted octanol–water partition coefficient (Wildman–Crippen LogP) is 4.42. The zero-order valence-corrected chi connectivity index (χ0v) is 21.6. The van der Waals surface area contributed by atoms with Crippen LogP contribution in [-0.4, -0.2) is 50.2 Å². The number of rotatable bonds is 7. The van der Waals surface area contributed by atoms with Crippen LogP contribution in [0.2, 0.25) is 0 Å². The minimum atomic E-state index is -0.995. The van der Waals surface area contributed by atoms with Gasteiger partial charge in [0.15, 0.2) is 16.6 Å². The molecule has 0 saturated carbocycles. The Morgan fingerprint density at radius 3 is 2.03 bits per heavy atom. The highest BCUT2D eigenvalue weighted by atomic mass is 32.1. The average Bonchev–Trinajstić information content (AvgIpc) is 3.36. The summed E-state index contributed by atoms with van der Waals surface area (Å²) in [5.41, 5.74) is 1.50. The Morgan fingerprint density at radius 2 is 1.56 bits per heavy atom. The van der Waals surface area contributed by atoms with Gasteiger partial charge in [-0.2, -0.15) is 0 Å². The van der Waals surface area contributed by atoms with Gasteiger partial charge in [0.1, 0.15) is 11.5 Å². The third kappa shape index (κ3) is 4.13. The van der Waals surface area contributed by atoms with Crippen LogP contribution in [0, 0.1) is 13.8 Å². The van der Waals surface area contributed by atoms with E-state index in [0.29, 0.717) is 39.3 Å². The molecule has 36 heavy (non-hydrogen) atoms. The van der Waals surface area contributed by atoms with Gasteiger partial charge in [0, 0.05) is 10.4 Å². The van der Waals surface area contributed by atoms with Gasteiger partial charge in [-0.05, 0) is 55.8 Å². The monoisotopic (exact) mass is 510 g/mol. The van der Waals surface area contributed by atoms with Crippen LogP contribution >= 0.6 is 11.3 Å². The van der Waals surface area contributed by atoms with E-state index in [1.165, 1.54) is 44.7 Å². The fourth-order valence-electron chi connectivity index (χ4n) is 4.07. The van der Waals surface area contributed by atoms with E-state index in [-0.39, 0.29) is 11.3 Å². The van der Waals surface area contributed by atoms with Crippen molar-refractivity contribution in [3.63, 3.8) is 0 Å². The van der Waals surface area contributed by atoms with Crippen LogP contribution in [0.15, 0.2) is 42.0 Å². The highest BCUT2D eigenvalue weighted by Crippen LogP contribution is 2.48. The Bertz CT molecular complexity index is 1320. The first-order chi connectivity index (χ1) is 17.2. The first-order valence-corrected chi connectivity index (χ1v) is 11.8. The molecular formula is C26H26N2O7S. The van der Waals surface area contributed by atoms with E-state index < -0.39 is 17.7 Å². The summed E-state index contributed by atoms with van der Waals surface area (Å²) in [6.07, 6.45) is 0. The molecule has 4 rings (SSSR count). The first kappa shape index (κ1) is 25.1. The number of aromatic nitrogens is 1. The summed E-state index contributed by atoms with van der Waals surface area (Å²) in [6.45, 7) is 3.72. The number of carbonyl (C=O) groups is 2. The Balaban J connectivity index is 2.00. The fourth-order valence-corrected chi connectivity index (χ4v) is 5.00. The molecule has 9 nitrogen and oxygen atoms in total. The molecule has 1 aliphatic heterocycles. The van der Waals surface area contributed by atoms with E-state index in [1.54, 1.807) is 36.4 Å². The van der Waals surface area contributed by atoms with Gasteiger partial charge >= 0.3 is 5.91 Å². The molecule has 2 aromatic carbocycles. The average molecular weight is 511 g/mol. The molecule has 0 unspecified atom stereocenters. The van der Waals surface area contributed by atoms with Crippen molar-refractivity contribution >= 4 is 33.9 Å². The molecule has 1 fully saturated rings. The van der Waals surface area contributed by atoms with Crippen LogP contribution in [0.25, 0.3) is 5.76 Å². The van der Waals surface area contributed by atoms with Gasteiger partial charge in [0.25, 0.3) is 5.78 Å². The highest BCUT2D eigenvalue weighted by Gasteiger charge is 2.48. The number of hydrogen-bond donors (Lipinski definition) is 1. The number of nitrogens with zero attached hydrogens (tertiary/aromatic N) is 2. The van der Waals surface area contributed by atoms with Crippen LogP contribution in [0.4, 0.5) is 5.13 Å². The summed E-state index contributed by atoms with van der Waals surface area (Å²) in [6, 6.07) is 8.86. The van der Waals surface area contributed by atoms with Crippen molar-refractivity contribution in [1.82, 2.24) is 4.98 Å². The molecule has 0 spiro atoms. The number of aliphatic hydroxyl groups excluding tert-OH is 1. The van der Waals surface area contributed by atoms with Crippen molar-refractivity contribution in [2.24, 2.45) is 0 Å². The second-order valence-corrected chi connectivity index (χ2v) is 9.18. The Labute approximate surface area is 212 Å². The van der Waals surface area contributed by atoms with E-state index >= 15 is 0 Å². The third-order valence-corrected chi connectivity index (χ3v) is 7.11. The Kier molecular flexibility index (Phi) is 6.89. The maximum Gasteiger partial charge on any atom is 0.301 e. The van der Waals surface area contributed by atoms with Crippen LogP contribution in [0.1, 0.15) is 27.7 Å². The molecule has 10 heteroatoms. The minimum Gasteiger partial charge on any atom is -0.507 e. The largest absolute Gasteiger partial charge is 0.507 e. The summed E-state index contributed by atoms with van der Waals surface area (Å²) in [7, 11) is 5.96. The van der Waals surface area contributed by atoms with Gasteiger partial charge in [-0.15, -0.1) is 11.3 Å². The molecule has 1 amide bonds. The molecule has 0 bridgehead atoms. The van der Waals surface area contributed by atoms with Gasteiger partial charge < -0.3 is 24.1 Å². The number of methoxy groups -OCH3 is 4. The molecule has 0 aliphatic carbocycles. The van der Waals surface area contributed by atoms with Gasteiger partial charge in [-0.1, -0.05) is 0 Å². The van der Waals surface area contributed by atoms with E-state index in [2.05, 4.69) is 4.98 Å². The second kappa shape index (κ2) is 9.90. The molecule has 3 aromatic rings. The lowest BCUT2D eigenvalue weighted by Gasteiger charge is -2.24. The normalized spacial score (nSPS) is 16.8. The second-order valence-electron chi connectivity index (χ2n) is 7.99. The summed E-state index contributed by atoms with van der Waals surface area (Å²) < 4.78 is 21.6. The van der Waals surface area contributed by atoms with Crippen molar-refractivity contribution in [3.8, 4) is 23.0 Å². The van der Waals surface area contributed by atoms with E-state index in [1.807, 2.05) is 13.8 Å². The Hall–Kier alpha value is -4.05. The van der Waals surface area contributed by atoms with Crippen LogP contribution in [0.5, 0.6) is 23.0 Å². The van der Waals surface area contributed by atoms with E-state index in [4.69, 9.17) is 18.9 Å². The number of benzene rings is 2.